The zero-order valence-electron chi connectivity index (χ0n) is 11.5. The summed E-state index contributed by atoms with van der Waals surface area (Å²) in [6.07, 6.45) is 0. The molecule has 0 aliphatic rings. The standard InChI is InChI=1S/C15H12N2O3S/c1-9-8-21-13(15(19)20-2)12(9)17-14(18)11-5-3-10(7-16)4-6-11/h3-6,8H,1-2H3,(H,17,18). The van der Waals surface area contributed by atoms with E-state index in [9.17, 15) is 9.59 Å². The lowest BCUT2D eigenvalue weighted by Crippen LogP contribution is -2.14. The van der Waals surface area contributed by atoms with Crippen molar-refractivity contribution in [2.24, 2.45) is 0 Å². The average Bonchev–Trinajstić information content (AvgIpc) is 2.87. The van der Waals surface area contributed by atoms with E-state index in [0.717, 1.165) is 5.56 Å². The largest absolute Gasteiger partial charge is 0.465 e. The molecule has 0 radical (unpaired) electrons. The lowest BCUT2D eigenvalue weighted by Gasteiger charge is -2.07. The fraction of sp³-hybridized carbons (Fsp3) is 0.133. The van der Waals surface area contributed by atoms with Gasteiger partial charge < -0.3 is 10.1 Å². The third kappa shape index (κ3) is 3.09. The molecular weight excluding hydrogens is 288 g/mol. The molecule has 1 aromatic carbocycles. The van der Waals surface area contributed by atoms with E-state index >= 15 is 0 Å². The molecule has 1 N–H and O–H groups in total. The molecule has 5 nitrogen and oxygen atoms in total. The maximum absolute atomic E-state index is 12.2. The van der Waals surface area contributed by atoms with Gasteiger partial charge in [0.05, 0.1) is 24.4 Å². The molecule has 0 unspecified atom stereocenters. The van der Waals surface area contributed by atoms with Crippen LogP contribution in [0, 0.1) is 18.3 Å². The molecule has 1 aromatic heterocycles. The topological polar surface area (TPSA) is 79.2 Å². The second-order valence-electron chi connectivity index (χ2n) is 4.26. The van der Waals surface area contributed by atoms with Crippen LogP contribution in [0.1, 0.15) is 31.2 Å². The first-order chi connectivity index (χ1) is 10.1. The van der Waals surface area contributed by atoms with Crippen LogP contribution in [-0.2, 0) is 4.74 Å². The van der Waals surface area contributed by atoms with Crippen molar-refractivity contribution in [1.82, 2.24) is 0 Å². The highest BCUT2D eigenvalue weighted by Crippen LogP contribution is 2.28. The van der Waals surface area contributed by atoms with Gasteiger partial charge in [-0.05, 0) is 42.1 Å². The summed E-state index contributed by atoms with van der Waals surface area (Å²) in [7, 11) is 1.30. The zero-order chi connectivity index (χ0) is 15.4. The van der Waals surface area contributed by atoms with Crippen LogP contribution in [0.15, 0.2) is 29.6 Å². The van der Waals surface area contributed by atoms with Crippen LogP contribution in [0.2, 0.25) is 0 Å². The van der Waals surface area contributed by atoms with Gasteiger partial charge in [0.2, 0.25) is 0 Å². The first-order valence-electron chi connectivity index (χ1n) is 6.04. The number of rotatable bonds is 3. The minimum absolute atomic E-state index is 0.342. The Bertz CT molecular complexity index is 726. The van der Waals surface area contributed by atoms with E-state index in [1.165, 1.54) is 18.4 Å². The van der Waals surface area contributed by atoms with Crippen molar-refractivity contribution in [3.63, 3.8) is 0 Å². The molecule has 1 heterocycles. The summed E-state index contributed by atoms with van der Waals surface area (Å²) < 4.78 is 4.69. The molecule has 2 rings (SSSR count). The number of hydrogen-bond acceptors (Lipinski definition) is 5. The van der Waals surface area contributed by atoms with Gasteiger partial charge in [0, 0.05) is 5.56 Å². The van der Waals surface area contributed by atoms with Crippen LogP contribution < -0.4 is 5.32 Å². The molecular formula is C15H12N2O3S. The number of nitrogens with zero attached hydrogens (tertiary/aromatic N) is 1. The second kappa shape index (κ2) is 6.20. The highest BCUT2D eigenvalue weighted by atomic mass is 32.1. The van der Waals surface area contributed by atoms with Crippen LogP contribution in [0.3, 0.4) is 0 Å². The Morgan fingerprint density at radius 2 is 1.95 bits per heavy atom. The van der Waals surface area contributed by atoms with E-state index in [1.54, 1.807) is 36.6 Å². The Kier molecular flexibility index (Phi) is 4.36. The second-order valence-corrected chi connectivity index (χ2v) is 5.14. The van der Waals surface area contributed by atoms with Crippen LogP contribution in [0.25, 0.3) is 0 Å². The number of carbonyl (C=O) groups is 2. The molecule has 2 aromatic rings. The van der Waals surface area contributed by atoms with Crippen LogP contribution >= 0.6 is 11.3 Å². The van der Waals surface area contributed by atoms with E-state index in [1.807, 2.05) is 6.07 Å². The van der Waals surface area contributed by atoms with Crippen molar-refractivity contribution >= 4 is 28.9 Å². The minimum atomic E-state index is -0.483. The highest BCUT2D eigenvalue weighted by molar-refractivity contribution is 7.12. The molecule has 106 valence electrons. The molecule has 0 aliphatic carbocycles. The fourth-order valence-electron chi connectivity index (χ4n) is 1.72. The van der Waals surface area contributed by atoms with E-state index in [2.05, 4.69) is 5.32 Å². The van der Waals surface area contributed by atoms with Crippen molar-refractivity contribution in [3.05, 3.63) is 51.2 Å². The maximum atomic E-state index is 12.2. The van der Waals surface area contributed by atoms with Crippen molar-refractivity contribution in [3.8, 4) is 6.07 Å². The number of ether oxygens (including phenoxy) is 1. The van der Waals surface area contributed by atoms with E-state index in [-0.39, 0.29) is 5.91 Å². The van der Waals surface area contributed by atoms with Gasteiger partial charge in [-0.2, -0.15) is 5.26 Å². The Balaban J connectivity index is 2.25. The summed E-state index contributed by atoms with van der Waals surface area (Å²) in [4.78, 5) is 24.2. The quantitative estimate of drug-likeness (QED) is 0.884. The number of anilines is 1. The number of nitrogens with one attached hydrogen (secondary N) is 1. The van der Waals surface area contributed by atoms with Crippen LogP contribution in [0.4, 0.5) is 5.69 Å². The summed E-state index contributed by atoms with van der Waals surface area (Å²) >= 11 is 1.22. The van der Waals surface area contributed by atoms with Gasteiger partial charge in [-0.3, -0.25) is 4.79 Å². The van der Waals surface area contributed by atoms with E-state index < -0.39 is 5.97 Å². The van der Waals surface area contributed by atoms with Gasteiger partial charge in [-0.1, -0.05) is 0 Å². The number of esters is 1. The normalized spacial score (nSPS) is 9.76. The Morgan fingerprint density at radius 3 is 2.52 bits per heavy atom. The van der Waals surface area contributed by atoms with E-state index in [0.29, 0.717) is 21.7 Å². The third-order valence-corrected chi connectivity index (χ3v) is 3.94. The van der Waals surface area contributed by atoms with Crippen molar-refractivity contribution in [2.45, 2.75) is 6.92 Å². The number of benzene rings is 1. The number of carbonyl (C=O) groups excluding carboxylic acids is 2. The summed E-state index contributed by atoms with van der Waals surface area (Å²) in [5, 5.41) is 13.2. The summed E-state index contributed by atoms with van der Waals surface area (Å²) in [5.41, 5.74) is 2.15. The average molecular weight is 300 g/mol. The maximum Gasteiger partial charge on any atom is 0.350 e. The molecule has 21 heavy (non-hydrogen) atoms. The first-order valence-corrected chi connectivity index (χ1v) is 6.92. The molecule has 0 aliphatic heterocycles. The van der Waals surface area contributed by atoms with Crippen molar-refractivity contribution in [1.29, 1.82) is 5.26 Å². The third-order valence-electron chi connectivity index (χ3n) is 2.86. The van der Waals surface area contributed by atoms with Crippen molar-refractivity contribution < 1.29 is 14.3 Å². The molecule has 0 fully saturated rings. The number of aryl methyl sites for hydroxylation is 1. The molecule has 0 saturated heterocycles. The van der Waals surface area contributed by atoms with Gasteiger partial charge in [-0.15, -0.1) is 11.3 Å². The van der Waals surface area contributed by atoms with E-state index in [4.69, 9.17) is 10.00 Å². The Labute approximate surface area is 125 Å². The van der Waals surface area contributed by atoms with Crippen molar-refractivity contribution in [2.75, 3.05) is 12.4 Å². The SMILES string of the molecule is COC(=O)c1scc(C)c1NC(=O)c1ccc(C#N)cc1. The monoisotopic (exact) mass is 300 g/mol. The van der Waals surface area contributed by atoms with Crippen LogP contribution in [-0.4, -0.2) is 19.0 Å². The van der Waals surface area contributed by atoms with Gasteiger partial charge in [-0.25, -0.2) is 4.79 Å². The number of nitriles is 1. The zero-order valence-corrected chi connectivity index (χ0v) is 12.3. The lowest BCUT2D eigenvalue weighted by molar-refractivity contribution is 0.0607. The number of hydrogen-bond donors (Lipinski definition) is 1. The summed E-state index contributed by atoms with van der Waals surface area (Å²) in [6, 6.07) is 8.25. The number of methoxy groups -OCH3 is 1. The number of thiophene rings is 1. The van der Waals surface area contributed by atoms with Gasteiger partial charge in [0.1, 0.15) is 4.88 Å². The van der Waals surface area contributed by atoms with Gasteiger partial charge >= 0.3 is 5.97 Å². The fourth-order valence-corrected chi connectivity index (χ4v) is 2.65. The van der Waals surface area contributed by atoms with Crippen LogP contribution in [0.5, 0.6) is 0 Å². The molecule has 6 heteroatoms. The predicted octanol–water partition coefficient (Wildman–Crippen LogP) is 2.97. The highest BCUT2D eigenvalue weighted by Gasteiger charge is 2.19. The molecule has 0 saturated carbocycles. The van der Waals surface area contributed by atoms with Gasteiger partial charge in [0.15, 0.2) is 0 Å². The Morgan fingerprint density at radius 1 is 1.29 bits per heavy atom. The lowest BCUT2D eigenvalue weighted by atomic mass is 10.1. The number of amides is 1. The molecule has 0 atom stereocenters. The smallest absolute Gasteiger partial charge is 0.350 e. The molecule has 0 spiro atoms. The minimum Gasteiger partial charge on any atom is -0.465 e. The summed E-state index contributed by atoms with van der Waals surface area (Å²) in [6.45, 7) is 1.80. The Hall–Kier alpha value is -2.65. The van der Waals surface area contributed by atoms with Gasteiger partial charge in [0.25, 0.3) is 5.91 Å². The predicted molar refractivity (Wildman–Crippen MR) is 79.5 cm³/mol. The molecule has 0 bridgehead atoms. The summed E-state index contributed by atoms with van der Waals surface area (Å²) in [5.74, 6) is -0.825. The first kappa shape index (κ1) is 14.8. The molecule has 1 amide bonds.